The van der Waals surface area contributed by atoms with Crippen LogP contribution in [-0.4, -0.2) is 24.3 Å². The highest BCUT2D eigenvalue weighted by Crippen LogP contribution is 2.21. The molecule has 0 aliphatic carbocycles. The van der Waals surface area contributed by atoms with Gasteiger partial charge in [-0.15, -0.1) is 0 Å². The van der Waals surface area contributed by atoms with Gasteiger partial charge in [-0.25, -0.2) is 5.43 Å². The average molecular weight is 284 g/mol. The highest BCUT2D eigenvalue weighted by molar-refractivity contribution is 5.95. The van der Waals surface area contributed by atoms with Crippen molar-refractivity contribution >= 4 is 12.1 Å². The van der Waals surface area contributed by atoms with Crippen LogP contribution in [0.4, 0.5) is 0 Å². The molecule has 0 heterocycles. The minimum absolute atomic E-state index is 0.0305. The topological polar surface area (TPSA) is 70.9 Å². The fraction of sp³-hybridized carbons (Fsp3) is 0.125. The number of hydrogen-bond donors (Lipinski definition) is 2. The molecule has 2 rings (SSSR count). The first kappa shape index (κ1) is 14.6. The van der Waals surface area contributed by atoms with Gasteiger partial charge in [0.25, 0.3) is 5.91 Å². The average Bonchev–Trinajstić information content (AvgIpc) is 2.48. The molecule has 1 amide bonds. The summed E-state index contributed by atoms with van der Waals surface area (Å²) in [5.74, 6) is 0.277. The van der Waals surface area contributed by atoms with E-state index in [-0.39, 0.29) is 11.7 Å². The number of phenols is 1. The molecular formula is C16H16N2O3. The number of nitrogens with zero attached hydrogens (tertiary/aromatic N) is 1. The van der Waals surface area contributed by atoms with Crippen LogP contribution in [0.5, 0.6) is 11.5 Å². The van der Waals surface area contributed by atoms with Crippen LogP contribution in [0.15, 0.2) is 47.6 Å². The number of carbonyl (C=O) groups excluding carboxylic acids is 1. The van der Waals surface area contributed by atoms with Crippen molar-refractivity contribution in [2.24, 2.45) is 5.10 Å². The summed E-state index contributed by atoms with van der Waals surface area (Å²) in [7, 11) is 1.52. The van der Waals surface area contributed by atoms with Crippen LogP contribution in [0.25, 0.3) is 0 Å². The van der Waals surface area contributed by atoms with Crippen molar-refractivity contribution in [2.75, 3.05) is 7.11 Å². The monoisotopic (exact) mass is 284 g/mol. The minimum atomic E-state index is -0.303. The third-order valence-corrected chi connectivity index (χ3v) is 2.89. The predicted molar refractivity (Wildman–Crippen MR) is 80.9 cm³/mol. The smallest absolute Gasteiger partial charge is 0.271 e. The van der Waals surface area contributed by atoms with Crippen molar-refractivity contribution in [3.8, 4) is 11.5 Å². The van der Waals surface area contributed by atoms with Gasteiger partial charge in [0.15, 0.2) is 0 Å². The summed E-state index contributed by atoms with van der Waals surface area (Å²) in [4.78, 5) is 11.9. The molecule has 0 aliphatic heterocycles. The second kappa shape index (κ2) is 6.56. The van der Waals surface area contributed by atoms with Crippen molar-refractivity contribution in [3.05, 3.63) is 59.2 Å². The molecule has 21 heavy (non-hydrogen) atoms. The fourth-order valence-corrected chi connectivity index (χ4v) is 1.77. The second-order valence-electron chi connectivity index (χ2n) is 4.49. The summed E-state index contributed by atoms with van der Waals surface area (Å²) in [6.07, 6.45) is 1.38. The standard InChI is InChI=1S/C16H16N2O3/c1-11-4-3-5-12(8-11)16(20)18-17-10-13-6-7-14(21-2)9-15(13)19/h3-10,19H,1-2H3,(H,18,20). The molecule has 2 aromatic carbocycles. The number of aryl methyl sites for hydroxylation is 1. The quantitative estimate of drug-likeness (QED) is 0.669. The van der Waals surface area contributed by atoms with E-state index in [2.05, 4.69) is 10.5 Å². The number of nitrogens with one attached hydrogen (secondary N) is 1. The number of rotatable bonds is 4. The Morgan fingerprint density at radius 1 is 1.29 bits per heavy atom. The van der Waals surface area contributed by atoms with Gasteiger partial charge in [-0.1, -0.05) is 17.7 Å². The largest absolute Gasteiger partial charge is 0.507 e. The Kier molecular flexibility index (Phi) is 4.56. The van der Waals surface area contributed by atoms with E-state index in [0.717, 1.165) is 5.56 Å². The van der Waals surface area contributed by atoms with E-state index in [0.29, 0.717) is 16.9 Å². The fourth-order valence-electron chi connectivity index (χ4n) is 1.77. The highest BCUT2D eigenvalue weighted by Gasteiger charge is 2.04. The van der Waals surface area contributed by atoms with E-state index < -0.39 is 0 Å². The molecule has 0 bridgehead atoms. The molecule has 0 fully saturated rings. The van der Waals surface area contributed by atoms with Crippen LogP contribution in [0, 0.1) is 6.92 Å². The highest BCUT2D eigenvalue weighted by atomic mass is 16.5. The van der Waals surface area contributed by atoms with Crippen LogP contribution in [-0.2, 0) is 0 Å². The Bertz CT molecular complexity index is 681. The zero-order valence-corrected chi connectivity index (χ0v) is 11.8. The number of methoxy groups -OCH3 is 1. The Morgan fingerprint density at radius 2 is 2.10 bits per heavy atom. The number of amides is 1. The number of hydrogen-bond acceptors (Lipinski definition) is 4. The molecule has 0 aliphatic rings. The lowest BCUT2D eigenvalue weighted by Crippen LogP contribution is -2.17. The summed E-state index contributed by atoms with van der Waals surface area (Å²) < 4.78 is 4.99. The molecule has 5 nitrogen and oxygen atoms in total. The molecule has 0 saturated heterocycles. The molecule has 0 aromatic heterocycles. The number of aromatic hydroxyl groups is 1. The Hall–Kier alpha value is -2.82. The summed E-state index contributed by atoms with van der Waals surface area (Å²) in [6.45, 7) is 1.91. The van der Waals surface area contributed by atoms with Gasteiger partial charge in [-0.05, 0) is 31.2 Å². The lowest BCUT2D eigenvalue weighted by atomic mass is 10.1. The zero-order chi connectivity index (χ0) is 15.2. The van der Waals surface area contributed by atoms with Crippen molar-refractivity contribution < 1.29 is 14.6 Å². The van der Waals surface area contributed by atoms with E-state index >= 15 is 0 Å². The second-order valence-corrected chi connectivity index (χ2v) is 4.49. The number of ether oxygens (including phenoxy) is 1. The van der Waals surface area contributed by atoms with Crippen LogP contribution in [0.1, 0.15) is 21.5 Å². The number of carbonyl (C=O) groups is 1. The van der Waals surface area contributed by atoms with E-state index in [4.69, 9.17) is 4.74 Å². The maximum Gasteiger partial charge on any atom is 0.271 e. The van der Waals surface area contributed by atoms with Crippen molar-refractivity contribution in [1.29, 1.82) is 0 Å². The van der Waals surface area contributed by atoms with Gasteiger partial charge in [0.2, 0.25) is 0 Å². The first-order valence-corrected chi connectivity index (χ1v) is 6.37. The van der Waals surface area contributed by atoms with Crippen LogP contribution in [0.3, 0.4) is 0 Å². The van der Waals surface area contributed by atoms with Gasteiger partial charge < -0.3 is 9.84 Å². The van der Waals surface area contributed by atoms with E-state index in [1.54, 1.807) is 24.3 Å². The third kappa shape index (κ3) is 3.82. The van der Waals surface area contributed by atoms with Gasteiger partial charge in [-0.3, -0.25) is 4.79 Å². The molecule has 0 radical (unpaired) electrons. The molecule has 5 heteroatoms. The maximum absolute atomic E-state index is 11.9. The molecule has 0 spiro atoms. The molecule has 108 valence electrons. The molecule has 2 N–H and O–H groups in total. The van der Waals surface area contributed by atoms with Crippen molar-refractivity contribution in [3.63, 3.8) is 0 Å². The first-order chi connectivity index (χ1) is 10.1. The maximum atomic E-state index is 11.9. The van der Waals surface area contributed by atoms with Gasteiger partial charge in [0, 0.05) is 17.2 Å². The summed E-state index contributed by atoms with van der Waals surface area (Å²) in [5, 5.41) is 13.6. The number of benzene rings is 2. The lowest BCUT2D eigenvalue weighted by molar-refractivity contribution is 0.0955. The SMILES string of the molecule is COc1ccc(C=NNC(=O)c2cccc(C)c2)c(O)c1. The third-order valence-electron chi connectivity index (χ3n) is 2.89. The summed E-state index contributed by atoms with van der Waals surface area (Å²) >= 11 is 0. The molecule has 0 saturated carbocycles. The van der Waals surface area contributed by atoms with Crippen LogP contribution >= 0.6 is 0 Å². The Balaban J connectivity index is 2.04. The van der Waals surface area contributed by atoms with E-state index in [9.17, 15) is 9.90 Å². The summed E-state index contributed by atoms with van der Waals surface area (Å²) in [6, 6.07) is 12.0. The minimum Gasteiger partial charge on any atom is -0.507 e. The number of phenolic OH excluding ortho intramolecular Hbond substituents is 1. The molecule has 2 aromatic rings. The first-order valence-electron chi connectivity index (χ1n) is 6.37. The van der Waals surface area contributed by atoms with Crippen molar-refractivity contribution in [1.82, 2.24) is 5.43 Å². The number of hydrazone groups is 1. The van der Waals surface area contributed by atoms with Crippen molar-refractivity contribution in [2.45, 2.75) is 6.92 Å². The Labute approximate surface area is 122 Å². The summed E-state index contributed by atoms with van der Waals surface area (Å²) in [5.41, 5.74) is 4.44. The zero-order valence-electron chi connectivity index (χ0n) is 11.8. The Morgan fingerprint density at radius 3 is 2.76 bits per heavy atom. The lowest BCUT2D eigenvalue weighted by Gasteiger charge is -2.03. The van der Waals surface area contributed by atoms with E-state index in [1.165, 1.54) is 19.4 Å². The molecule has 0 atom stereocenters. The van der Waals surface area contributed by atoms with E-state index in [1.807, 2.05) is 19.1 Å². The van der Waals surface area contributed by atoms with Crippen LogP contribution in [0.2, 0.25) is 0 Å². The predicted octanol–water partition coefficient (Wildman–Crippen LogP) is 2.47. The van der Waals surface area contributed by atoms with Gasteiger partial charge >= 0.3 is 0 Å². The van der Waals surface area contributed by atoms with Gasteiger partial charge in [-0.2, -0.15) is 5.10 Å². The van der Waals surface area contributed by atoms with Crippen LogP contribution < -0.4 is 10.2 Å². The van der Waals surface area contributed by atoms with Gasteiger partial charge in [0.05, 0.1) is 13.3 Å². The molecule has 0 unspecified atom stereocenters. The van der Waals surface area contributed by atoms with Gasteiger partial charge in [0.1, 0.15) is 11.5 Å². The molecular weight excluding hydrogens is 268 g/mol. The normalized spacial score (nSPS) is 10.6.